The predicted molar refractivity (Wildman–Crippen MR) is 66.5 cm³/mol. The quantitative estimate of drug-likeness (QED) is 0.471. The third-order valence-electron chi connectivity index (χ3n) is 2.40. The summed E-state index contributed by atoms with van der Waals surface area (Å²) >= 11 is 0. The largest absolute Gasteiger partial charge is 0.479 e. The van der Waals surface area contributed by atoms with Crippen LogP contribution in [0.1, 0.15) is 12.8 Å². The molecule has 0 bridgehead atoms. The van der Waals surface area contributed by atoms with E-state index in [2.05, 4.69) is 15.7 Å². The van der Waals surface area contributed by atoms with Crippen molar-refractivity contribution in [2.45, 2.75) is 25.5 Å². The number of nitrogens with one attached hydrogen (secondary N) is 2. The van der Waals surface area contributed by atoms with Crippen LogP contribution >= 0.6 is 0 Å². The number of amides is 2. The number of hydrogen-bond acceptors (Lipinski definition) is 4. The van der Waals surface area contributed by atoms with Crippen molar-refractivity contribution in [1.82, 2.24) is 20.4 Å². The van der Waals surface area contributed by atoms with Crippen molar-refractivity contribution in [3.8, 4) is 0 Å². The second-order valence-electron chi connectivity index (χ2n) is 3.95. The zero-order chi connectivity index (χ0) is 14.1. The number of aryl methyl sites for hydroxylation is 1. The van der Waals surface area contributed by atoms with Gasteiger partial charge < -0.3 is 20.8 Å². The van der Waals surface area contributed by atoms with Crippen molar-refractivity contribution in [3.05, 3.63) is 18.5 Å². The van der Waals surface area contributed by atoms with Gasteiger partial charge in [0.1, 0.15) is 0 Å². The number of carbonyl (C=O) groups excluding carboxylic acids is 1. The number of hydrogen-bond donors (Lipinski definition) is 4. The fourth-order valence-electron chi connectivity index (χ4n) is 1.38. The SMILES string of the molecule is O=C(NCCCn1cccn1)NCC[C@H](O)C(=O)O. The van der Waals surface area contributed by atoms with Gasteiger partial charge in [-0.05, 0) is 12.5 Å². The highest BCUT2D eigenvalue weighted by molar-refractivity contribution is 5.74. The lowest BCUT2D eigenvalue weighted by Gasteiger charge is -2.09. The maximum Gasteiger partial charge on any atom is 0.332 e. The van der Waals surface area contributed by atoms with Crippen LogP contribution in [0.4, 0.5) is 4.79 Å². The molecule has 0 saturated carbocycles. The highest BCUT2D eigenvalue weighted by Gasteiger charge is 2.12. The van der Waals surface area contributed by atoms with E-state index in [9.17, 15) is 9.59 Å². The molecule has 1 heterocycles. The van der Waals surface area contributed by atoms with Crippen molar-refractivity contribution in [2.75, 3.05) is 13.1 Å². The Morgan fingerprint density at radius 3 is 2.68 bits per heavy atom. The average molecular weight is 270 g/mol. The Morgan fingerprint density at radius 1 is 1.32 bits per heavy atom. The minimum absolute atomic E-state index is 0.0178. The third kappa shape index (κ3) is 6.41. The first kappa shape index (κ1) is 15.0. The van der Waals surface area contributed by atoms with Crippen LogP contribution in [0.25, 0.3) is 0 Å². The van der Waals surface area contributed by atoms with Gasteiger partial charge in [-0.25, -0.2) is 9.59 Å². The van der Waals surface area contributed by atoms with E-state index in [0.29, 0.717) is 13.1 Å². The van der Waals surface area contributed by atoms with Crippen molar-refractivity contribution < 1.29 is 19.8 Å². The molecule has 0 saturated heterocycles. The van der Waals surface area contributed by atoms with Gasteiger partial charge in [0, 0.05) is 38.4 Å². The van der Waals surface area contributed by atoms with Gasteiger partial charge in [-0.1, -0.05) is 0 Å². The summed E-state index contributed by atoms with van der Waals surface area (Å²) in [6.45, 7) is 1.32. The van der Waals surface area contributed by atoms with Crippen LogP contribution in [0.5, 0.6) is 0 Å². The van der Waals surface area contributed by atoms with Crippen molar-refractivity contribution in [2.24, 2.45) is 0 Å². The highest BCUT2D eigenvalue weighted by Crippen LogP contribution is 1.90. The number of nitrogens with zero attached hydrogens (tertiary/aromatic N) is 2. The molecular weight excluding hydrogens is 252 g/mol. The Morgan fingerprint density at radius 2 is 2.05 bits per heavy atom. The molecule has 8 nitrogen and oxygen atoms in total. The number of carboxylic acid groups (broad SMARTS) is 1. The van der Waals surface area contributed by atoms with Gasteiger partial charge in [0.15, 0.2) is 6.10 Å². The van der Waals surface area contributed by atoms with Crippen molar-refractivity contribution >= 4 is 12.0 Å². The molecule has 0 aliphatic rings. The van der Waals surface area contributed by atoms with Crippen LogP contribution in [0.3, 0.4) is 0 Å². The van der Waals surface area contributed by atoms with Crippen molar-refractivity contribution in [3.63, 3.8) is 0 Å². The molecular formula is C11H18N4O4. The van der Waals surface area contributed by atoms with Crippen LogP contribution in [-0.4, -0.2) is 51.2 Å². The summed E-state index contributed by atoms with van der Waals surface area (Å²) in [5.74, 6) is -1.29. The van der Waals surface area contributed by atoms with Gasteiger partial charge in [0.05, 0.1) is 0 Å². The normalized spacial score (nSPS) is 11.8. The number of aliphatic hydroxyl groups is 1. The molecule has 1 aromatic rings. The van der Waals surface area contributed by atoms with E-state index in [4.69, 9.17) is 10.2 Å². The van der Waals surface area contributed by atoms with Crippen LogP contribution in [0.2, 0.25) is 0 Å². The highest BCUT2D eigenvalue weighted by atomic mass is 16.4. The van der Waals surface area contributed by atoms with Crippen molar-refractivity contribution in [1.29, 1.82) is 0 Å². The average Bonchev–Trinajstić information content (AvgIpc) is 2.87. The maximum atomic E-state index is 11.3. The monoisotopic (exact) mass is 270 g/mol. The number of aliphatic hydroxyl groups excluding tert-OH is 1. The number of aromatic nitrogens is 2. The van der Waals surface area contributed by atoms with E-state index in [1.165, 1.54) is 0 Å². The van der Waals surface area contributed by atoms with Gasteiger partial charge >= 0.3 is 12.0 Å². The van der Waals surface area contributed by atoms with Gasteiger partial charge in [-0.2, -0.15) is 5.10 Å². The fraction of sp³-hybridized carbons (Fsp3) is 0.545. The van der Waals surface area contributed by atoms with E-state index in [1.54, 1.807) is 10.9 Å². The van der Waals surface area contributed by atoms with E-state index >= 15 is 0 Å². The lowest BCUT2D eigenvalue weighted by atomic mass is 10.2. The number of rotatable bonds is 8. The maximum absolute atomic E-state index is 11.3. The summed E-state index contributed by atoms with van der Waals surface area (Å²) < 4.78 is 1.77. The molecule has 19 heavy (non-hydrogen) atoms. The molecule has 0 unspecified atom stereocenters. The molecule has 0 aromatic carbocycles. The van der Waals surface area contributed by atoms with Crippen LogP contribution in [-0.2, 0) is 11.3 Å². The minimum atomic E-state index is -1.44. The number of urea groups is 1. The van der Waals surface area contributed by atoms with E-state index in [-0.39, 0.29) is 19.0 Å². The molecule has 106 valence electrons. The molecule has 1 rings (SSSR count). The van der Waals surface area contributed by atoms with E-state index < -0.39 is 12.1 Å². The van der Waals surface area contributed by atoms with E-state index in [0.717, 1.165) is 6.42 Å². The Balaban J connectivity index is 2.00. The summed E-state index contributed by atoms with van der Waals surface area (Å²) in [5.41, 5.74) is 0. The molecule has 0 aliphatic heterocycles. The molecule has 0 aliphatic carbocycles. The molecule has 0 radical (unpaired) electrons. The number of aliphatic carboxylic acids is 1. The van der Waals surface area contributed by atoms with Gasteiger partial charge in [0.2, 0.25) is 0 Å². The van der Waals surface area contributed by atoms with Gasteiger partial charge in [-0.15, -0.1) is 0 Å². The van der Waals surface area contributed by atoms with Gasteiger partial charge in [-0.3, -0.25) is 4.68 Å². The molecule has 2 amide bonds. The van der Waals surface area contributed by atoms with Crippen LogP contribution in [0, 0.1) is 0 Å². The molecule has 0 fully saturated rings. The third-order valence-corrected chi connectivity index (χ3v) is 2.40. The Bertz CT molecular complexity index is 393. The fourth-order valence-corrected chi connectivity index (χ4v) is 1.38. The lowest BCUT2D eigenvalue weighted by Crippen LogP contribution is -2.38. The Labute approximate surface area is 110 Å². The number of carboxylic acids is 1. The minimum Gasteiger partial charge on any atom is -0.479 e. The summed E-state index contributed by atoms with van der Waals surface area (Å²) in [6, 6.07) is 1.45. The molecule has 8 heteroatoms. The van der Waals surface area contributed by atoms with Crippen LogP contribution < -0.4 is 10.6 Å². The first-order chi connectivity index (χ1) is 9.09. The first-order valence-electron chi connectivity index (χ1n) is 5.99. The second kappa shape index (κ2) is 8.09. The molecule has 0 spiro atoms. The first-order valence-corrected chi connectivity index (χ1v) is 5.99. The molecule has 1 aromatic heterocycles. The van der Waals surface area contributed by atoms with Crippen LogP contribution in [0.15, 0.2) is 18.5 Å². The number of carbonyl (C=O) groups is 2. The predicted octanol–water partition coefficient (Wildman–Crippen LogP) is -0.592. The zero-order valence-electron chi connectivity index (χ0n) is 10.5. The van der Waals surface area contributed by atoms with Gasteiger partial charge in [0.25, 0.3) is 0 Å². The summed E-state index contributed by atoms with van der Waals surface area (Å²) in [4.78, 5) is 21.6. The zero-order valence-corrected chi connectivity index (χ0v) is 10.5. The summed E-state index contributed by atoms with van der Waals surface area (Å²) in [7, 11) is 0. The molecule has 1 atom stereocenters. The second-order valence-corrected chi connectivity index (χ2v) is 3.95. The standard InChI is InChI=1S/C11H18N4O4/c16-9(10(17)18)3-6-13-11(19)12-4-1-7-15-8-2-5-14-15/h2,5,8-9,16H,1,3-4,6-7H2,(H,17,18)(H2,12,13,19)/t9-/m0/s1. The topological polar surface area (TPSA) is 116 Å². The Hall–Kier alpha value is -2.09. The van der Waals surface area contributed by atoms with E-state index in [1.807, 2.05) is 12.3 Å². The Kier molecular flexibility index (Phi) is 6.37. The smallest absolute Gasteiger partial charge is 0.332 e. The summed E-state index contributed by atoms with van der Waals surface area (Å²) in [5, 5.41) is 26.5. The summed E-state index contributed by atoms with van der Waals surface area (Å²) in [6.07, 6.45) is 2.81. The lowest BCUT2D eigenvalue weighted by molar-refractivity contribution is -0.146. The molecule has 4 N–H and O–H groups in total.